The van der Waals surface area contributed by atoms with Crippen LogP contribution in [0.25, 0.3) is 0 Å². The van der Waals surface area contributed by atoms with Crippen molar-refractivity contribution in [1.82, 2.24) is 0 Å². The predicted octanol–water partition coefficient (Wildman–Crippen LogP) is 15.9. The second kappa shape index (κ2) is 45.8. The third kappa shape index (κ3) is 51.8. The lowest BCUT2D eigenvalue weighted by Crippen LogP contribution is -2.37. The van der Waals surface area contributed by atoms with E-state index in [1.54, 1.807) is 0 Å². The number of hydrogen-bond acceptors (Lipinski definition) is 6. The highest BCUT2D eigenvalue weighted by atomic mass is 31.2. The predicted molar refractivity (Wildman–Crippen MR) is 261 cm³/mol. The minimum absolute atomic E-state index is 0.0571. The molecule has 0 aliphatic rings. The number of rotatable bonds is 50. The number of quaternary nitrogens is 1. The van der Waals surface area contributed by atoms with Gasteiger partial charge >= 0.3 is 13.8 Å². The molecule has 2 N–H and O–H groups in total. The number of phosphoric ester groups is 1. The van der Waals surface area contributed by atoms with Gasteiger partial charge in [0, 0.05) is 6.42 Å². The third-order valence-electron chi connectivity index (χ3n) is 12.0. The van der Waals surface area contributed by atoms with Crippen molar-refractivity contribution in [3.8, 4) is 0 Å². The van der Waals surface area contributed by atoms with Gasteiger partial charge in [0.25, 0.3) is 0 Å². The first-order valence-corrected chi connectivity index (χ1v) is 28.0. The van der Waals surface area contributed by atoms with Gasteiger partial charge in [-0.1, -0.05) is 237 Å². The quantitative estimate of drug-likeness (QED) is 0.0206. The topological polar surface area (TPSA) is 102 Å². The second-order valence-corrected chi connectivity index (χ2v) is 20.9. The van der Waals surface area contributed by atoms with E-state index < -0.39 is 20.5 Å². The van der Waals surface area contributed by atoms with Gasteiger partial charge in [0.2, 0.25) is 0 Å². The zero-order valence-corrected chi connectivity index (χ0v) is 42.1. The molecule has 0 aromatic heterocycles. The number of aliphatic hydroxyl groups excluding tert-OH is 1. The minimum atomic E-state index is -4.25. The summed E-state index contributed by atoms with van der Waals surface area (Å²) >= 11 is 0. The number of unbranched alkanes of at least 4 members (excludes halogenated alkanes) is 37. The molecule has 0 bridgehead atoms. The molecule has 0 rings (SSSR count). The maximum atomic E-state index is 12.0. The molecule has 0 aliphatic heterocycles. The van der Waals surface area contributed by atoms with E-state index in [1.165, 1.54) is 231 Å². The summed E-state index contributed by atoms with van der Waals surface area (Å²) in [6, 6.07) is 0. The molecule has 0 aromatic rings. The van der Waals surface area contributed by atoms with Crippen molar-refractivity contribution < 1.29 is 37.6 Å². The van der Waals surface area contributed by atoms with E-state index in [2.05, 4.69) is 19.1 Å². The molecule has 0 saturated heterocycles. The normalized spacial score (nSPS) is 13.6. The van der Waals surface area contributed by atoms with E-state index in [0.29, 0.717) is 17.4 Å². The van der Waals surface area contributed by atoms with Gasteiger partial charge in [0.15, 0.2) is 0 Å². The lowest BCUT2D eigenvalue weighted by molar-refractivity contribution is -0.870. The van der Waals surface area contributed by atoms with Crippen molar-refractivity contribution in [3.63, 3.8) is 0 Å². The molecule has 61 heavy (non-hydrogen) atoms. The lowest BCUT2D eigenvalue weighted by atomic mass is 10.0. The molecular formula is C52H105NO7P+. The summed E-state index contributed by atoms with van der Waals surface area (Å²) in [5.41, 5.74) is 0. The summed E-state index contributed by atoms with van der Waals surface area (Å²) in [7, 11) is 1.58. The number of likely N-dealkylation sites (N-methyl/N-ethyl adjacent to an activating group) is 1. The number of hydrogen-bond donors (Lipinski definition) is 2. The Bertz CT molecular complexity index is 987. The molecule has 0 saturated carbocycles. The summed E-state index contributed by atoms with van der Waals surface area (Å²) in [4.78, 5) is 21.7. The van der Waals surface area contributed by atoms with Gasteiger partial charge in [-0.15, -0.1) is 0 Å². The fourth-order valence-corrected chi connectivity index (χ4v) is 8.64. The Morgan fingerprint density at radius 1 is 0.492 bits per heavy atom. The average Bonchev–Trinajstić information content (AvgIpc) is 3.22. The Morgan fingerprint density at radius 2 is 0.803 bits per heavy atom. The molecular weight excluding hydrogens is 782 g/mol. The first kappa shape index (κ1) is 60.2. The number of carbonyl (C=O) groups excluding carboxylic acids is 1. The smallest absolute Gasteiger partial charge is 0.463 e. The highest BCUT2D eigenvalue weighted by Crippen LogP contribution is 2.43. The van der Waals surface area contributed by atoms with Gasteiger partial charge in [-0.3, -0.25) is 13.8 Å². The second-order valence-electron chi connectivity index (χ2n) is 19.5. The molecule has 364 valence electrons. The van der Waals surface area contributed by atoms with Crippen LogP contribution in [0.3, 0.4) is 0 Å². The van der Waals surface area contributed by atoms with Crippen LogP contribution in [0.4, 0.5) is 0 Å². The average molecular weight is 887 g/mol. The van der Waals surface area contributed by atoms with Crippen LogP contribution >= 0.6 is 7.82 Å². The highest BCUT2D eigenvalue weighted by Gasteiger charge is 2.24. The van der Waals surface area contributed by atoms with Gasteiger partial charge in [-0.05, 0) is 32.1 Å². The molecule has 0 aromatic carbocycles. The van der Waals surface area contributed by atoms with Crippen LogP contribution in [-0.2, 0) is 23.1 Å². The number of ether oxygens (including phenoxy) is 1. The van der Waals surface area contributed by atoms with Gasteiger partial charge in [-0.2, -0.15) is 0 Å². The number of allylic oxidation sites excluding steroid dienone is 2. The fourth-order valence-electron chi connectivity index (χ4n) is 7.89. The summed E-state index contributed by atoms with van der Waals surface area (Å²) in [5.74, 6) is -0.365. The maximum Gasteiger partial charge on any atom is 0.472 e. The SMILES string of the molecule is CCCCCCCCCC/C=C\CCCCCCCCCCCCCCCCCCCCCCCCCCCCCCCC(=O)OCC(O)COP(=O)(O)OCC[N+](C)(C)C. The Balaban J connectivity index is 3.26. The van der Waals surface area contributed by atoms with Gasteiger partial charge in [0.05, 0.1) is 27.7 Å². The first-order valence-electron chi connectivity index (χ1n) is 26.5. The summed E-state index contributed by atoms with van der Waals surface area (Å²) < 4.78 is 27.3. The standard InChI is InChI=1S/C52H104NO7P/c1-5-6-7-8-9-10-11-12-13-14-15-16-17-18-19-20-21-22-23-24-25-26-27-28-29-30-31-32-33-34-35-36-37-38-39-40-41-42-43-44-45-46-52(55)58-49-51(54)50-60-61(56,57)59-48-47-53(2,3)4/h14-15,51,54H,5-13,16-50H2,1-4H3/p+1/b15-14-. The van der Waals surface area contributed by atoms with Crippen LogP contribution in [0.1, 0.15) is 264 Å². The number of phosphoric acid groups is 1. The maximum absolute atomic E-state index is 12.0. The molecule has 9 heteroatoms. The minimum Gasteiger partial charge on any atom is -0.463 e. The molecule has 0 heterocycles. The van der Waals surface area contributed by atoms with E-state index in [9.17, 15) is 19.4 Å². The van der Waals surface area contributed by atoms with Crippen molar-refractivity contribution in [2.45, 2.75) is 270 Å². The van der Waals surface area contributed by atoms with Gasteiger partial charge in [0.1, 0.15) is 25.9 Å². The molecule has 0 aliphatic carbocycles. The largest absolute Gasteiger partial charge is 0.472 e. The third-order valence-corrected chi connectivity index (χ3v) is 13.0. The Morgan fingerprint density at radius 3 is 1.13 bits per heavy atom. The molecule has 0 amide bonds. The molecule has 0 spiro atoms. The van der Waals surface area contributed by atoms with Crippen molar-refractivity contribution in [2.75, 3.05) is 47.5 Å². The van der Waals surface area contributed by atoms with Crippen molar-refractivity contribution in [1.29, 1.82) is 0 Å². The Hall–Kier alpha value is -0.760. The van der Waals surface area contributed by atoms with Crippen LogP contribution in [0.15, 0.2) is 12.2 Å². The number of carbonyl (C=O) groups is 1. The number of aliphatic hydroxyl groups is 1. The first-order chi connectivity index (χ1) is 29.6. The van der Waals surface area contributed by atoms with Crippen LogP contribution in [0, 0.1) is 0 Å². The van der Waals surface area contributed by atoms with E-state index in [1.807, 2.05) is 21.1 Å². The fraction of sp³-hybridized carbons (Fsp3) is 0.942. The van der Waals surface area contributed by atoms with E-state index in [4.69, 9.17) is 13.8 Å². The van der Waals surface area contributed by atoms with E-state index >= 15 is 0 Å². The molecule has 0 radical (unpaired) electrons. The van der Waals surface area contributed by atoms with E-state index in [0.717, 1.165) is 19.3 Å². The van der Waals surface area contributed by atoms with Crippen molar-refractivity contribution in [3.05, 3.63) is 12.2 Å². The Kier molecular flexibility index (Phi) is 45.2. The molecule has 0 fully saturated rings. The summed E-state index contributed by atoms with van der Waals surface area (Å²) in [6.45, 7) is 2.18. The number of nitrogens with zero attached hydrogens (tertiary/aromatic N) is 1. The molecule has 2 atom stereocenters. The van der Waals surface area contributed by atoms with E-state index in [-0.39, 0.29) is 19.2 Å². The molecule has 8 nitrogen and oxygen atoms in total. The number of esters is 1. The van der Waals surface area contributed by atoms with Crippen molar-refractivity contribution in [2.24, 2.45) is 0 Å². The summed E-state index contributed by atoms with van der Waals surface area (Å²) in [5, 5.41) is 9.93. The van der Waals surface area contributed by atoms with Gasteiger partial charge in [-0.25, -0.2) is 4.57 Å². The van der Waals surface area contributed by atoms with Gasteiger partial charge < -0.3 is 19.2 Å². The van der Waals surface area contributed by atoms with Crippen LogP contribution in [-0.4, -0.2) is 74.1 Å². The van der Waals surface area contributed by atoms with Crippen molar-refractivity contribution >= 4 is 13.8 Å². The monoisotopic (exact) mass is 887 g/mol. The van der Waals surface area contributed by atoms with Crippen LogP contribution < -0.4 is 0 Å². The highest BCUT2D eigenvalue weighted by molar-refractivity contribution is 7.47. The Labute approximate surface area is 379 Å². The zero-order chi connectivity index (χ0) is 44.8. The summed E-state index contributed by atoms with van der Waals surface area (Å²) in [6.07, 6.45) is 57.5. The lowest BCUT2D eigenvalue weighted by Gasteiger charge is -2.24. The van der Waals surface area contributed by atoms with Crippen LogP contribution in [0.5, 0.6) is 0 Å². The zero-order valence-electron chi connectivity index (χ0n) is 41.2. The van der Waals surface area contributed by atoms with Crippen LogP contribution in [0.2, 0.25) is 0 Å². The molecule has 2 unspecified atom stereocenters.